The van der Waals surface area contributed by atoms with Crippen LogP contribution in [0.4, 0.5) is 17.5 Å². The van der Waals surface area contributed by atoms with Gasteiger partial charge in [-0.25, -0.2) is 4.98 Å². The lowest BCUT2D eigenvalue weighted by Gasteiger charge is -2.08. The van der Waals surface area contributed by atoms with Gasteiger partial charge in [-0.1, -0.05) is 0 Å². The molecule has 0 radical (unpaired) electrons. The Morgan fingerprint density at radius 2 is 2.00 bits per heavy atom. The third-order valence-corrected chi connectivity index (χ3v) is 3.21. The van der Waals surface area contributed by atoms with Crippen LogP contribution in [0.25, 0.3) is 0 Å². The van der Waals surface area contributed by atoms with Gasteiger partial charge in [0.2, 0.25) is 12.7 Å². The first-order valence-corrected chi connectivity index (χ1v) is 6.63. The number of fused-ring (bicyclic) bond motifs is 1. The molecule has 4 rings (SSSR count). The second-order valence-electron chi connectivity index (χ2n) is 4.88. The van der Waals surface area contributed by atoms with Gasteiger partial charge < -0.3 is 20.1 Å². The molecule has 102 valence electrons. The van der Waals surface area contributed by atoms with Crippen LogP contribution in [-0.4, -0.2) is 22.8 Å². The molecule has 0 saturated heterocycles. The molecule has 0 amide bonds. The Balaban J connectivity index is 1.52. The second kappa shape index (κ2) is 4.56. The van der Waals surface area contributed by atoms with Crippen molar-refractivity contribution in [3.8, 4) is 11.5 Å². The molecule has 6 nitrogen and oxygen atoms in total. The molecule has 20 heavy (non-hydrogen) atoms. The smallest absolute Gasteiger partial charge is 0.231 e. The summed E-state index contributed by atoms with van der Waals surface area (Å²) in [6, 6.07) is 8.12. The Kier molecular flexibility index (Phi) is 2.58. The lowest BCUT2D eigenvalue weighted by molar-refractivity contribution is 0.174. The van der Waals surface area contributed by atoms with E-state index in [9.17, 15) is 0 Å². The molecule has 2 aliphatic rings. The minimum absolute atomic E-state index is 0.274. The number of benzene rings is 1. The molecule has 6 heteroatoms. The van der Waals surface area contributed by atoms with Crippen molar-refractivity contribution in [1.82, 2.24) is 9.97 Å². The van der Waals surface area contributed by atoms with Crippen molar-refractivity contribution in [3.05, 3.63) is 30.5 Å². The Morgan fingerprint density at radius 3 is 2.90 bits per heavy atom. The maximum absolute atomic E-state index is 5.35. The summed E-state index contributed by atoms with van der Waals surface area (Å²) in [5.74, 6) is 2.92. The van der Waals surface area contributed by atoms with Crippen molar-refractivity contribution < 1.29 is 9.47 Å². The van der Waals surface area contributed by atoms with E-state index >= 15 is 0 Å². The molecular weight excluding hydrogens is 256 g/mol. The third kappa shape index (κ3) is 2.32. The van der Waals surface area contributed by atoms with Gasteiger partial charge in [0.05, 0.1) is 0 Å². The molecule has 2 N–H and O–H groups in total. The van der Waals surface area contributed by atoms with Gasteiger partial charge in [-0.2, -0.15) is 4.98 Å². The van der Waals surface area contributed by atoms with Crippen LogP contribution in [0.3, 0.4) is 0 Å². The number of aromatic nitrogens is 2. The highest BCUT2D eigenvalue weighted by Gasteiger charge is 2.21. The molecule has 0 spiro atoms. The van der Waals surface area contributed by atoms with Crippen molar-refractivity contribution in [2.75, 3.05) is 17.4 Å². The first kappa shape index (κ1) is 11.3. The molecular formula is C14H14N4O2. The Morgan fingerprint density at radius 1 is 1.10 bits per heavy atom. The van der Waals surface area contributed by atoms with E-state index in [1.807, 2.05) is 24.3 Å². The minimum atomic E-state index is 0.274. The summed E-state index contributed by atoms with van der Waals surface area (Å²) in [5.41, 5.74) is 0.873. The summed E-state index contributed by atoms with van der Waals surface area (Å²) < 4.78 is 10.6. The van der Waals surface area contributed by atoms with Gasteiger partial charge in [0.25, 0.3) is 0 Å². The van der Waals surface area contributed by atoms with E-state index in [2.05, 4.69) is 20.6 Å². The van der Waals surface area contributed by atoms with E-state index in [1.165, 1.54) is 12.8 Å². The van der Waals surface area contributed by atoms with Gasteiger partial charge in [-0.15, -0.1) is 0 Å². The first-order valence-electron chi connectivity index (χ1n) is 6.63. The number of rotatable bonds is 4. The summed E-state index contributed by atoms with van der Waals surface area (Å²) in [6.45, 7) is 0.274. The van der Waals surface area contributed by atoms with E-state index in [0.29, 0.717) is 12.0 Å². The quantitative estimate of drug-likeness (QED) is 0.889. The van der Waals surface area contributed by atoms with Crippen molar-refractivity contribution in [1.29, 1.82) is 0 Å². The van der Waals surface area contributed by atoms with Gasteiger partial charge in [-0.3, -0.25) is 0 Å². The molecule has 0 unspecified atom stereocenters. The fraction of sp³-hybridized carbons (Fsp3) is 0.286. The van der Waals surface area contributed by atoms with Crippen LogP contribution >= 0.6 is 0 Å². The van der Waals surface area contributed by atoms with Crippen LogP contribution in [0.5, 0.6) is 11.5 Å². The number of anilines is 3. The zero-order chi connectivity index (χ0) is 13.4. The van der Waals surface area contributed by atoms with Crippen molar-refractivity contribution in [3.63, 3.8) is 0 Å². The Labute approximate surface area is 116 Å². The number of hydrogen-bond acceptors (Lipinski definition) is 6. The molecule has 0 bridgehead atoms. The van der Waals surface area contributed by atoms with E-state index in [0.717, 1.165) is 23.0 Å². The van der Waals surface area contributed by atoms with E-state index in [4.69, 9.17) is 9.47 Å². The summed E-state index contributed by atoms with van der Waals surface area (Å²) in [6.07, 6.45) is 4.18. The highest BCUT2D eigenvalue weighted by atomic mass is 16.7. The van der Waals surface area contributed by atoms with Crippen LogP contribution in [0, 0.1) is 0 Å². The van der Waals surface area contributed by atoms with Crippen LogP contribution in [0.2, 0.25) is 0 Å². The average Bonchev–Trinajstić information content (AvgIpc) is 3.14. The SMILES string of the molecule is c1cc(NC2CC2)nc(Nc2ccc3c(c2)OCO3)n1. The van der Waals surface area contributed by atoms with Crippen LogP contribution < -0.4 is 20.1 Å². The van der Waals surface area contributed by atoms with Crippen molar-refractivity contribution >= 4 is 17.5 Å². The zero-order valence-corrected chi connectivity index (χ0v) is 10.8. The van der Waals surface area contributed by atoms with Crippen LogP contribution in [0.15, 0.2) is 30.5 Å². The number of hydrogen-bond donors (Lipinski definition) is 2. The van der Waals surface area contributed by atoms with Crippen LogP contribution in [-0.2, 0) is 0 Å². The zero-order valence-electron chi connectivity index (χ0n) is 10.8. The minimum Gasteiger partial charge on any atom is -0.454 e. The monoisotopic (exact) mass is 270 g/mol. The predicted octanol–water partition coefficient (Wildman–Crippen LogP) is 2.52. The van der Waals surface area contributed by atoms with Gasteiger partial charge in [0.1, 0.15) is 5.82 Å². The molecule has 1 fully saturated rings. The van der Waals surface area contributed by atoms with Crippen molar-refractivity contribution in [2.45, 2.75) is 18.9 Å². The highest BCUT2D eigenvalue weighted by Crippen LogP contribution is 2.34. The lowest BCUT2D eigenvalue weighted by atomic mass is 10.3. The Bertz CT molecular complexity index is 643. The van der Waals surface area contributed by atoms with E-state index in [1.54, 1.807) is 6.20 Å². The molecule has 2 aromatic rings. The number of nitrogens with zero attached hydrogens (tertiary/aromatic N) is 2. The molecule has 1 aromatic carbocycles. The second-order valence-corrected chi connectivity index (χ2v) is 4.88. The molecule has 1 saturated carbocycles. The topological polar surface area (TPSA) is 68.3 Å². The molecule has 1 aliphatic carbocycles. The molecule has 1 aliphatic heterocycles. The van der Waals surface area contributed by atoms with Crippen LogP contribution in [0.1, 0.15) is 12.8 Å². The van der Waals surface area contributed by atoms with Gasteiger partial charge in [0.15, 0.2) is 11.5 Å². The largest absolute Gasteiger partial charge is 0.454 e. The maximum atomic E-state index is 5.35. The third-order valence-electron chi connectivity index (χ3n) is 3.21. The standard InChI is InChI=1S/C14H14N4O2/c1-2-9(1)16-13-5-6-15-14(18-13)17-10-3-4-11-12(7-10)20-8-19-11/h3-7,9H,1-2,8H2,(H2,15,16,17,18). The van der Waals surface area contributed by atoms with Gasteiger partial charge in [-0.05, 0) is 31.0 Å². The van der Waals surface area contributed by atoms with Gasteiger partial charge >= 0.3 is 0 Å². The van der Waals surface area contributed by atoms with E-state index < -0.39 is 0 Å². The van der Waals surface area contributed by atoms with Crippen molar-refractivity contribution in [2.24, 2.45) is 0 Å². The summed E-state index contributed by atoms with van der Waals surface area (Å²) in [5, 5.41) is 6.52. The molecule has 0 atom stereocenters. The van der Waals surface area contributed by atoms with Gasteiger partial charge in [0, 0.05) is 24.0 Å². The average molecular weight is 270 g/mol. The number of nitrogens with one attached hydrogen (secondary N) is 2. The Hall–Kier alpha value is -2.50. The first-order chi connectivity index (χ1) is 9.87. The lowest BCUT2D eigenvalue weighted by Crippen LogP contribution is -2.05. The molecule has 2 heterocycles. The number of ether oxygens (including phenoxy) is 2. The maximum Gasteiger partial charge on any atom is 0.231 e. The summed E-state index contributed by atoms with van der Waals surface area (Å²) in [4.78, 5) is 8.66. The molecule has 1 aromatic heterocycles. The predicted molar refractivity (Wildman–Crippen MR) is 74.5 cm³/mol. The summed E-state index contributed by atoms with van der Waals surface area (Å²) in [7, 11) is 0. The highest BCUT2D eigenvalue weighted by molar-refractivity contribution is 5.61. The normalized spacial score (nSPS) is 16.0. The fourth-order valence-electron chi connectivity index (χ4n) is 2.04. The summed E-state index contributed by atoms with van der Waals surface area (Å²) >= 11 is 0. The van der Waals surface area contributed by atoms with E-state index in [-0.39, 0.29) is 6.79 Å². The fourth-order valence-corrected chi connectivity index (χ4v) is 2.04.